The molecule has 0 aliphatic rings. The highest BCUT2D eigenvalue weighted by atomic mass is 79.9. The summed E-state index contributed by atoms with van der Waals surface area (Å²) in [6.07, 6.45) is 2.55. The molecule has 6 heteroatoms. The Bertz CT molecular complexity index is 905. The first-order chi connectivity index (χ1) is 11.5. The van der Waals surface area contributed by atoms with Crippen molar-refractivity contribution in [1.29, 1.82) is 0 Å². The summed E-state index contributed by atoms with van der Waals surface area (Å²) in [6.45, 7) is 4.33. The Kier molecular flexibility index (Phi) is 4.92. The molecule has 0 unspecified atom stereocenters. The van der Waals surface area contributed by atoms with Gasteiger partial charge in [0.25, 0.3) is 0 Å². The van der Waals surface area contributed by atoms with Crippen molar-refractivity contribution >= 4 is 44.7 Å². The van der Waals surface area contributed by atoms with Crippen LogP contribution in [0.2, 0.25) is 5.02 Å². The van der Waals surface area contributed by atoms with E-state index in [0.29, 0.717) is 22.9 Å². The van der Waals surface area contributed by atoms with E-state index >= 15 is 0 Å². The largest absolute Gasteiger partial charge is 0.490 e. The van der Waals surface area contributed by atoms with Crippen molar-refractivity contribution in [2.24, 2.45) is 0 Å². The van der Waals surface area contributed by atoms with Crippen molar-refractivity contribution in [1.82, 2.24) is 9.78 Å². The van der Waals surface area contributed by atoms with Crippen LogP contribution in [0.25, 0.3) is 10.9 Å². The van der Waals surface area contributed by atoms with Crippen molar-refractivity contribution in [3.8, 4) is 5.75 Å². The van der Waals surface area contributed by atoms with Crippen molar-refractivity contribution in [3.05, 3.63) is 57.2 Å². The van der Waals surface area contributed by atoms with Crippen LogP contribution in [0.1, 0.15) is 29.8 Å². The predicted molar refractivity (Wildman–Crippen MR) is 99.1 cm³/mol. The average molecular weight is 408 g/mol. The van der Waals surface area contributed by atoms with Gasteiger partial charge in [-0.3, -0.25) is 9.48 Å². The van der Waals surface area contributed by atoms with Crippen molar-refractivity contribution < 1.29 is 9.53 Å². The van der Waals surface area contributed by atoms with Crippen LogP contribution in [0.4, 0.5) is 0 Å². The Hall–Kier alpha value is -1.85. The van der Waals surface area contributed by atoms with Crippen LogP contribution < -0.4 is 4.74 Å². The molecule has 0 radical (unpaired) electrons. The number of hydrogen-bond donors (Lipinski definition) is 0. The van der Waals surface area contributed by atoms with E-state index in [2.05, 4.69) is 21.0 Å². The van der Waals surface area contributed by atoms with Gasteiger partial charge in [-0.25, -0.2) is 0 Å². The fourth-order valence-electron chi connectivity index (χ4n) is 2.54. The highest BCUT2D eigenvalue weighted by molar-refractivity contribution is 9.10. The zero-order valence-corrected chi connectivity index (χ0v) is 15.6. The molecular formula is C18H16BrClN2O2. The molecule has 2 aromatic carbocycles. The van der Waals surface area contributed by atoms with E-state index in [9.17, 15) is 4.79 Å². The van der Waals surface area contributed by atoms with E-state index in [1.54, 1.807) is 6.07 Å². The highest BCUT2D eigenvalue weighted by Gasteiger charge is 2.13. The van der Waals surface area contributed by atoms with Crippen molar-refractivity contribution in [3.63, 3.8) is 0 Å². The second-order valence-corrected chi connectivity index (χ2v) is 7.00. The van der Waals surface area contributed by atoms with Gasteiger partial charge in [0.05, 0.1) is 29.9 Å². The standard InChI is InChI=1S/C18H16BrClN2O2/c1-11(2)24-18-7-12(16(20)6-13(18)10-23)9-22-17-5-3-4-15(19)14(17)8-21-22/h3-8,10-11H,9H2,1-2H3. The first kappa shape index (κ1) is 17.0. The van der Waals surface area contributed by atoms with E-state index in [1.807, 2.05) is 49.0 Å². The summed E-state index contributed by atoms with van der Waals surface area (Å²) in [6, 6.07) is 9.41. The third-order valence-electron chi connectivity index (χ3n) is 3.62. The molecular weight excluding hydrogens is 392 g/mol. The third kappa shape index (κ3) is 3.32. The molecule has 0 fully saturated rings. The molecule has 1 heterocycles. The molecule has 1 aromatic heterocycles. The first-order valence-electron chi connectivity index (χ1n) is 7.54. The lowest BCUT2D eigenvalue weighted by atomic mass is 10.1. The Balaban J connectivity index is 2.02. The number of ether oxygens (including phenoxy) is 1. The quantitative estimate of drug-likeness (QED) is 0.553. The maximum atomic E-state index is 11.2. The van der Waals surface area contributed by atoms with Crippen LogP contribution in [0.5, 0.6) is 5.75 Å². The number of aromatic nitrogens is 2. The van der Waals surface area contributed by atoms with Crippen molar-refractivity contribution in [2.45, 2.75) is 26.5 Å². The van der Waals surface area contributed by atoms with Gasteiger partial charge < -0.3 is 4.74 Å². The van der Waals surface area contributed by atoms with Gasteiger partial charge in [-0.1, -0.05) is 33.6 Å². The molecule has 0 aliphatic heterocycles. The van der Waals surface area contributed by atoms with E-state index < -0.39 is 0 Å². The second-order valence-electron chi connectivity index (χ2n) is 5.74. The Morgan fingerprint density at radius 3 is 2.88 bits per heavy atom. The molecule has 4 nitrogen and oxygen atoms in total. The summed E-state index contributed by atoms with van der Waals surface area (Å²) in [5.41, 5.74) is 2.31. The predicted octanol–water partition coefficient (Wildman–Crippen LogP) is 5.10. The Morgan fingerprint density at radius 2 is 2.17 bits per heavy atom. The molecule has 0 spiro atoms. The number of benzene rings is 2. The maximum absolute atomic E-state index is 11.2. The minimum Gasteiger partial charge on any atom is -0.490 e. The summed E-state index contributed by atoms with van der Waals surface area (Å²) in [4.78, 5) is 11.2. The van der Waals surface area contributed by atoms with E-state index in [0.717, 1.165) is 27.2 Å². The van der Waals surface area contributed by atoms with Gasteiger partial charge in [-0.15, -0.1) is 0 Å². The lowest BCUT2D eigenvalue weighted by Crippen LogP contribution is -2.09. The number of carbonyl (C=O) groups excluding carboxylic acids is 1. The SMILES string of the molecule is CC(C)Oc1cc(Cn2ncc3c(Br)cccc32)c(Cl)cc1C=O. The first-order valence-corrected chi connectivity index (χ1v) is 8.71. The van der Waals surface area contributed by atoms with Gasteiger partial charge in [0.1, 0.15) is 5.75 Å². The molecule has 3 rings (SSSR count). The summed E-state index contributed by atoms with van der Waals surface area (Å²) in [5, 5.41) is 6.00. The minimum atomic E-state index is -0.0285. The maximum Gasteiger partial charge on any atom is 0.153 e. The zero-order chi connectivity index (χ0) is 17.3. The van der Waals surface area contributed by atoms with Crippen LogP contribution in [-0.2, 0) is 6.54 Å². The number of nitrogens with zero attached hydrogens (tertiary/aromatic N) is 2. The smallest absolute Gasteiger partial charge is 0.153 e. The monoisotopic (exact) mass is 406 g/mol. The molecule has 0 amide bonds. The third-order valence-corrected chi connectivity index (χ3v) is 4.67. The highest BCUT2D eigenvalue weighted by Crippen LogP contribution is 2.29. The van der Waals surface area contributed by atoms with E-state index in [1.165, 1.54) is 0 Å². The van der Waals surface area contributed by atoms with Gasteiger partial charge in [0, 0.05) is 14.9 Å². The molecule has 0 saturated carbocycles. The van der Waals surface area contributed by atoms with Crippen molar-refractivity contribution in [2.75, 3.05) is 0 Å². The van der Waals surface area contributed by atoms with Crippen LogP contribution in [0, 0.1) is 0 Å². The number of fused-ring (bicyclic) bond motifs is 1. The van der Waals surface area contributed by atoms with Crippen LogP contribution >= 0.6 is 27.5 Å². The molecule has 0 N–H and O–H groups in total. The minimum absolute atomic E-state index is 0.0285. The fraction of sp³-hybridized carbons (Fsp3) is 0.222. The molecule has 0 atom stereocenters. The van der Waals surface area contributed by atoms with E-state index in [-0.39, 0.29) is 6.10 Å². The van der Waals surface area contributed by atoms with Gasteiger partial charge in [-0.2, -0.15) is 5.10 Å². The Morgan fingerprint density at radius 1 is 1.38 bits per heavy atom. The number of aldehydes is 1. The van der Waals surface area contributed by atoms with E-state index in [4.69, 9.17) is 16.3 Å². The lowest BCUT2D eigenvalue weighted by Gasteiger charge is -2.15. The van der Waals surface area contributed by atoms with Crippen LogP contribution in [0.15, 0.2) is 41.0 Å². The molecule has 0 saturated heterocycles. The zero-order valence-electron chi connectivity index (χ0n) is 13.3. The number of carbonyl (C=O) groups is 1. The normalized spacial score (nSPS) is 11.2. The van der Waals surface area contributed by atoms with Gasteiger partial charge in [0.2, 0.25) is 0 Å². The summed E-state index contributed by atoms with van der Waals surface area (Å²) in [7, 11) is 0. The van der Waals surface area contributed by atoms with Crippen LogP contribution in [0.3, 0.4) is 0 Å². The van der Waals surface area contributed by atoms with Crippen LogP contribution in [-0.4, -0.2) is 22.2 Å². The summed E-state index contributed by atoms with van der Waals surface area (Å²) < 4.78 is 8.60. The Labute approximate surface area is 153 Å². The number of hydrogen-bond acceptors (Lipinski definition) is 3. The van der Waals surface area contributed by atoms with Gasteiger partial charge >= 0.3 is 0 Å². The molecule has 3 aromatic rings. The molecule has 0 aliphatic carbocycles. The molecule has 0 bridgehead atoms. The summed E-state index contributed by atoms with van der Waals surface area (Å²) >= 11 is 9.88. The van der Waals surface area contributed by atoms with Gasteiger partial charge in [-0.05, 0) is 43.7 Å². The lowest BCUT2D eigenvalue weighted by molar-refractivity contribution is 0.111. The molecule has 124 valence electrons. The number of rotatable bonds is 5. The molecule has 24 heavy (non-hydrogen) atoms. The topological polar surface area (TPSA) is 44.1 Å². The average Bonchev–Trinajstić information content (AvgIpc) is 2.94. The summed E-state index contributed by atoms with van der Waals surface area (Å²) in [5.74, 6) is 0.539. The second kappa shape index (κ2) is 6.95. The van der Waals surface area contributed by atoms with Gasteiger partial charge in [0.15, 0.2) is 6.29 Å². The number of halogens is 2. The fourth-order valence-corrected chi connectivity index (χ4v) is 3.23.